The summed E-state index contributed by atoms with van der Waals surface area (Å²) in [4.78, 5) is 22.3. The van der Waals surface area contributed by atoms with Crippen LogP contribution in [0.15, 0.2) is 0 Å². The van der Waals surface area contributed by atoms with Crippen LogP contribution in [0.2, 0.25) is 0 Å². The van der Waals surface area contributed by atoms with Crippen LogP contribution in [-0.2, 0) is 18.5 Å². The Hall–Kier alpha value is -0.360. The Bertz CT molecular complexity index is 210. The molecule has 0 aliphatic heterocycles. The highest BCUT2D eigenvalue weighted by atomic mass is 33.1. The molecule has 0 spiro atoms. The largest absolute Gasteiger partial charge is 0.465 e. The molecule has 0 aromatic carbocycles. The summed E-state index contributed by atoms with van der Waals surface area (Å²) in [5.74, 6) is 0.292. The molecular formula is C12H22O4S2. The van der Waals surface area contributed by atoms with Gasteiger partial charge in [-0.2, -0.15) is 0 Å². The summed E-state index contributed by atoms with van der Waals surface area (Å²) >= 11 is 1.06. The lowest BCUT2D eigenvalue weighted by molar-refractivity contribution is -0.143. The molecule has 4 nitrogen and oxygen atoms in total. The Kier molecular flexibility index (Phi) is 12.8. The summed E-state index contributed by atoms with van der Waals surface area (Å²) in [5, 5.41) is 0. The van der Waals surface area contributed by atoms with Crippen LogP contribution in [0.25, 0.3) is 0 Å². The topological polar surface area (TPSA) is 52.6 Å². The van der Waals surface area contributed by atoms with Gasteiger partial charge in [-0.25, -0.2) is 0 Å². The van der Waals surface area contributed by atoms with E-state index in [0.717, 1.165) is 36.8 Å². The average molecular weight is 294 g/mol. The molecule has 6 heteroatoms. The van der Waals surface area contributed by atoms with Gasteiger partial charge in [-0.15, -0.1) is 0 Å². The lowest BCUT2D eigenvalue weighted by Gasteiger charge is -2.04. The first kappa shape index (κ1) is 17.6. The number of carbonyl (C=O) groups excluding carboxylic acids is 2. The maximum Gasteiger partial charge on any atom is 0.318 e. The molecule has 0 aromatic rings. The van der Waals surface area contributed by atoms with Crippen LogP contribution in [-0.4, -0.2) is 24.3 Å². The van der Waals surface area contributed by atoms with Crippen molar-refractivity contribution in [1.29, 1.82) is 0 Å². The molecule has 0 aliphatic carbocycles. The monoisotopic (exact) mass is 294 g/mol. The van der Waals surface area contributed by atoms with E-state index in [4.69, 9.17) is 8.92 Å². The van der Waals surface area contributed by atoms with Gasteiger partial charge < -0.3 is 8.92 Å². The Morgan fingerprint density at radius 1 is 1.00 bits per heavy atom. The second-order valence-corrected chi connectivity index (χ2v) is 5.83. The second-order valence-electron chi connectivity index (χ2n) is 3.77. The second kappa shape index (κ2) is 13.1. The molecule has 0 unspecified atom stereocenters. The predicted octanol–water partition coefficient (Wildman–Crippen LogP) is 3.75. The standard InChI is InChI=1S/C12H22O4S2/c1-3-5-7-11(13)15-9-10-17-18-16-12(14)8-6-4-2/h3-10H2,1-2H3. The van der Waals surface area contributed by atoms with Crippen molar-refractivity contribution in [2.24, 2.45) is 0 Å². The van der Waals surface area contributed by atoms with Crippen molar-refractivity contribution >= 4 is 33.8 Å². The van der Waals surface area contributed by atoms with Crippen molar-refractivity contribution < 1.29 is 18.5 Å². The predicted molar refractivity (Wildman–Crippen MR) is 76.2 cm³/mol. The molecule has 0 saturated carbocycles. The first-order chi connectivity index (χ1) is 8.70. The first-order valence-corrected chi connectivity index (χ1v) is 8.59. The molecule has 106 valence electrons. The van der Waals surface area contributed by atoms with Gasteiger partial charge >= 0.3 is 11.9 Å². The van der Waals surface area contributed by atoms with Gasteiger partial charge in [-0.05, 0) is 23.6 Å². The van der Waals surface area contributed by atoms with Crippen LogP contribution < -0.4 is 0 Å². The minimum atomic E-state index is -0.186. The van der Waals surface area contributed by atoms with Gasteiger partial charge in [0.25, 0.3) is 0 Å². The molecule has 0 radical (unpaired) electrons. The summed E-state index contributed by atoms with van der Waals surface area (Å²) in [6, 6.07) is 0. The molecule has 0 aromatic heterocycles. The Morgan fingerprint density at radius 2 is 1.61 bits per heavy atom. The Labute approximate surface area is 117 Å². The van der Waals surface area contributed by atoms with Gasteiger partial charge in [-0.1, -0.05) is 26.7 Å². The van der Waals surface area contributed by atoms with Gasteiger partial charge in [0, 0.05) is 18.6 Å². The van der Waals surface area contributed by atoms with E-state index in [1.54, 1.807) is 0 Å². The third kappa shape index (κ3) is 12.1. The summed E-state index contributed by atoms with van der Waals surface area (Å²) in [6.45, 7) is 4.43. The van der Waals surface area contributed by atoms with Crippen LogP contribution in [0, 0.1) is 0 Å². The number of esters is 1. The summed E-state index contributed by atoms with van der Waals surface area (Å²) in [6.07, 6.45) is 4.67. The van der Waals surface area contributed by atoms with Gasteiger partial charge in [0.1, 0.15) is 17.7 Å². The third-order valence-corrected chi connectivity index (χ3v) is 3.75. The van der Waals surface area contributed by atoms with Crippen LogP contribution in [0.1, 0.15) is 52.4 Å². The van der Waals surface area contributed by atoms with E-state index in [2.05, 4.69) is 0 Å². The number of hydrogen-bond acceptors (Lipinski definition) is 6. The zero-order valence-electron chi connectivity index (χ0n) is 11.1. The van der Waals surface area contributed by atoms with E-state index in [1.165, 1.54) is 10.8 Å². The molecule has 0 atom stereocenters. The van der Waals surface area contributed by atoms with E-state index in [1.807, 2.05) is 13.8 Å². The fraction of sp³-hybridized carbons (Fsp3) is 0.833. The zero-order chi connectivity index (χ0) is 13.6. The van der Waals surface area contributed by atoms with Crippen LogP contribution in [0.3, 0.4) is 0 Å². The minimum Gasteiger partial charge on any atom is -0.465 e. The smallest absolute Gasteiger partial charge is 0.318 e. The lowest BCUT2D eigenvalue weighted by Crippen LogP contribution is -2.06. The summed E-state index contributed by atoms with van der Waals surface area (Å²) in [5.41, 5.74) is 0. The highest BCUT2D eigenvalue weighted by Crippen LogP contribution is 2.23. The highest BCUT2D eigenvalue weighted by molar-refractivity contribution is 8.75. The lowest BCUT2D eigenvalue weighted by atomic mass is 10.3. The van der Waals surface area contributed by atoms with Gasteiger partial charge in [-0.3, -0.25) is 9.59 Å². The van der Waals surface area contributed by atoms with E-state index in [-0.39, 0.29) is 11.9 Å². The number of carbonyl (C=O) groups is 2. The number of rotatable bonds is 11. The van der Waals surface area contributed by atoms with Crippen molar-refractivity contribution in [3.8, 4) is 0 Å². The number of ether oxygens (including phenoxy) is 1. The quantitative estimate of drug-likeness (QED) is 0.250. The van der Waals surface area contributed by atoms with Crippen molar-refractivity contribution in [3.63, 3.8) is 0 Å². The van der Waals surface area contributed by atoms with Crippen molar-refractivity contribution in [3.05, 3.63) is 0 Å². The number of unbranched alkanes of at least 4 members (excludes halogenated alkanes) is 2. The van der Waals surface area contributed by atoms with Crippen LogP contribution in [0.4, 0.5) is 0 Å². The number of hydrogen-bond donors (Lipinski definition) is 0. The van der Waals surface area contributed by atoms with Crippen molar-refractivity contribution in [2.45, 2.75) is 52.4 Å². The zero-order valence-corrected chi connectivity index (χ0v) is 12.7. The normalized spacial score (nSPS) is 10.1. The molecule has 18 heavy (non-hydrogen) atoms. The molecule has 0 fully saturated rings. The van der Waals surface area contributed by atoms with E-state index in [0.29, 0.717) is 25.2 Å². The third-order valence-electron chi connectivity index (χ3n) is 2.07. The maximum atomic E-state index is 11.1. The fourth-order valence-electron chi connectivity index (χ4n) is 1.04. The minimum absolute atomic E-state index is 0.151. The van der Waals surface area contributed by atoms with Gasteiger partial charge in [0.2, 0.25) is 0 Å². The maximum absolute atomic E-state index is 11.1. The van der Waals surface area contributed by atoms with Crippen molar-refractivity contribution in [1.82, 2.24) is 0 Å². The average Bonchev–Trinajstić information content (AvgIpc) is 2.37. The Morgan fingerprint density at radius 3 is 2.22 bits per heavy atom. The van der Waals surface area contributed by atoms with E-state index < -0.39 is 0 Å². The SMILES string of the molecule is CCCCC(=O)OCCSSOC(=O)CCCC. The van der Waals surface area contributed by atoms with Crippen LogP contribution in [0.5, 0.6) is 0 Å². The van der Waals surface area contributed by atoms with Gasteiger partial charge in [0.15, 0.2) is 0 Å². The molecular weight excluding hydrogens is 272 g/mol. The fourth-order valence-corrected chi connectivity index (χ4v) is 2.25. The molecule has 0 bridgehead atoms. The molecule has 0 N–H and O–H groups in total. The van der Waals surface area contributed by atoms with Gasteiger partial charge in [0.05, 0.1) is 0 Å². The molecule has 0 rings (SSSR count). The van der Waals surface area contributed by atoms with E-state index in [9.17, 15) is 9.59 Å². The molecule has 0 aliphatic rings. The Balaban J connectivity index is 3.25. The molecule has 0 heterocycles. The summed E-state index contributed by atoms with van der Waals surface area (Å²) < 4.78 is 9.92. The highest BCUT2D eigenvalue weighted by Gasteiger charge is 2.04. The van der Waals surface area contributed by atoms with Crippen LogP contribution >= 0.6 is 21.9 Å². The molecule has 0 saturated heterocycles. The molecule has 0 amide bonds. The van der Waals surface area contributed by atoms with E-state index >= 15 is 0 Å². The summed E-state index contributed by atoms with van der Waals surface area (Å²) in [7, 11) is 1.38. The van der Waals surface area contributed by atoms with Crippen molar-refractivity contribution in [2.75, 3.05) is 12.4 Å². The first-order valence-electron chi connectivity index (χ1n) is 6.35.